The molecular formula is C27H28N2O3S. The molecule has 0 fully saturated rings. The van der Waals surface area contributed by atoms with E-state index < -0.39 is 9.84 Å². The van der Waals surface area contributed by atoms with Gasteiger partial charge in [-0.2, -0.15) is 0 Å². The van der Waals surface area contributed by atoms with Crippen LogP contribution in [0.2, 0.25) is 0 Å². The second kappa shape index (κ2) is 9.63. The maximum absolute atomic E-state index is 13.4. The number of benzene rings is 3. The van der Waals surface area contributed by atoms with Crippen LogP contribution in [0.15, 0.2) is 83.9 Å². The van der Waals surface area contributed by atoms with Crippen molar-refractivity contribution in [2.24, 2.45) is 0 Å². The molecule has 0 aliphatic rings. The van der Waals surface area contributed by atoms with Crippen LogP contribution in [-0.2, 0) is 33.4 Å². The maximum atomic E-state index is 13.4. The zero-order chi connectivity index (χ0) is 23.4. The van der Waals surface area contributed by atoms with Crippen molar-refractivity contribution in [2.75, 3.05) is 6.54 Å². The van der Waals surface area contributed by atoms with Gasteiger partial charge in [-0.3, -0.25) is 4.79 Å². The molecule has 0 atom stereocenters. The summed E-state index contributed by atoms with van der Waals surface area (Å²) in [6.07, 6.45) is 2.34. The number of para-hydroxylation sites is 1. The SMILES string of the molecule is Cc1ccc(C)c(CS(=O)(=O)c2cn(CC(=O)NCCc3ccccc3)c3ccccc23)c1. The van der Waals surface area contributed by atoms with Crippen molar-refractivity contribution in [1.29, 1.82) is 0 Å². The first-order valence-electron chi connectivity index (χ1n) is 11.0. The second-order valence-electron chi connectivity index (χ2n) is 8.41. The molecule has 0 saturated carbocycles. The van der Waals surface area contributed by atoms with Gasteiger partial charge in [0.25, 0.3) is 0 Å². The zero-order valence-electron chi connectivity index (χ0n) is 18.9. The summed E-state index contributed by atoms with van der Waals surface area (Å²) in [5.41, 5.74) is 4.66. The summed E-state index contributed by atoms with van der Waals surface area (Å²) >= 11 is 0. The fourth-order valence-electron chi connectivity index (χ4n) is 4.03. The van der Waals surface area contributed by atoms with Gasteiger partial charge in [0.15, 0.2) is 9.84 Å². The van der Waals surface area contributed by atoms with Crippen molar-refractivity contribution >= 4 is 26.6 Å². The Bertz CT molecular complexity index is 1390. The number of nitrogens with one attached hydrogen (secondary N) is 1. The van der Waals surface area contributed by atoms with E-state index in [9.17, 15) is 13.2 Å². The highest BCUT2D eigenvalue weighted by molar-refractivity contribution is 7.90. The quantitative estimate of drug-likeness (QED) is 0.418. The normalized spacial score (nSPS) is 11.6. The van der Waals surface area contributed by atoms with Crippen molar-refractivity contribution in [2.45, 2.75) is 37.5 Å². The van der Waals surface area contributed by atoms with Gasteiger partial charge in [-0.25, -0.2) is 8.42 Å². The van der Waals surface area contributed by atoms with Gasteiger partial charge in [-0.1, -0.05) is 72.3 Å². The molecule has 1 amide bonds. The fraction of sp³-hybridized carbons (Fsp3) is 0.222. The van der Waals surface area contributed by atoms with Crippen molar-refractivity contribution in [3.8, 4) is 0 Å². The van der Waals surface area contributed by atoms with Gasteiger partial charge in [0, 0.05) is 23.6 Å². The first-order valence-corrected chi connectivity index (χ1v) is 12.7. The van der Waals surface area contributed by atoms with Crippen molar-refractivity contribution in [1.82, 2.24) is 9.88 Å². The van der Waals surface area contributed by atoms with E-state index in [0.717, 1.165) is 34.2 Å². The Balaban J connectivity index is 1.54. The lowest BCUT2D eigenvalue weighted by molar-refractivity contribution is -0.121. The first-order chi connectivity index (χ1) is 15.8. The number of aryl methyl sites for hydroxylation is 2. The maximum Gasteiger partial charge on any atom is 0.239 e. The second-order valence-corrected chi connectivity index (χ2v) is 10.4. The summed E-state index contributed by atoms with van der Waals surface area (Å²) in [4.78, 5) is 12.9. The average molecular weight is 461 g/mol. The van der Waals surface area contributed by atoms with E-state index in [1.165, 1.54) is 0 Å². The number of carbonyl (C=O) groups is 1. The fourth-order valence-corrected chi connectivity index (χ4v) is 5.70. The van der Waals surface area contributed by atoms with Crippen LogP contribution in [0.5, 0.6) is 0 Å². The Morgan fingerprint density at radius 3 is 2.45 bits per heavy atom. The summed E-state index contributed by atoms with van der Waals surface area (Å²) in [7, 11) is -3.60. The molecule has 0 aliphatic carbocycles. The molecule has 3 aromatic carbocycles. The summed E-state index contributed by atoms with van der Waals surface area (Å²) in [5, 5.41) is 3.58. The predicted octanol–water partition coefficient (Wildman–Crippen LogP) is 4.59. The van der Waals surface area contributed by atoms with Gasteiger partial charge < -0.3 is 9.88 Å². The smallest absolute Gasteiger partial charge is 0.239 e. The number of sulfone groups is 1. The molecule has 0 saturated heterocycles. The van der Waals surface area contributed by atoms with Crippen LogP contribution in [0.1, 0.15) is 22.3 Å². The molecule has 0 radical (unpaired) electrons. The van der Waals surface area contributed by atoms with E-state index in [4.69, 9.17) is 0 Å². The van der Waals surface area contributed by atoms with E-state index in [2.05, 4.69) is 5.32 Å². The molecule has 0 bridgehead atoms. The minimum absolute atomic E-state index is 0.0638. The van der Waals surface area contributed by atoms with E-state index in [0.29, 0.717) is 11.9 Å². The molecule has 0 unspecified atom stereocenters. The summed E-state index contributed by atoms with van der Waals surface area (Å²) < 4.78 is 28.5. The molecule has 0 aliphatic heterocycles. The topological polar surface area (TPSA) is 68.2 Å². The third-order valence-corrected chi connectivity index (χ3v) is 7.52. The van der Waals surface area contributed by atoms with Crippen LogP contribution in [0.3, 0.4) is 0 Å². The first kappa shape index (κ1) is 22.8. The Labute approximate surface area is 195 Å². The standard InChI is InChI=1S/C27H28N2O3S/c1-20-12-13-21(2)23(16-20)19-33(31,32)26-17-29(25-11-7-6-10-24(25)26)18-27(30)28-15-14-22-8-4-3-5-9-22/h3-13,16-17H,14-15,18-19H2,1-2H3,(H,28,30). The number of carbonyl (C=O) groups excluding carboxylic acids is 1. The van der Waals surface area contributed by atoms with E-state index in [-0.39, 0.29) is 23.1 Å². The van der Waals surface area contributed by atoms with E-state index in [1.807, 2.05) is 80.6 Å². The van der Waals surface area contributed by atoms with E-state index >= 15 is 0 Å². The number of rotatable bonds is 8. The van der Waals surface area contributed by atoms with Gasteiger partial charge in [0.2, 0.25) is 5.91 Å². The third kappa shape index (κ3) is 5.34. The molecule has 1 heterocycles. The lowest BCUT2D eigenvalue weighted by Gasteiger charge is -2.08. The van der Waals surface area contributed by atoms with E-state index in [1.54, 1.807) is 16.8 Å². The van der Waals surface area contributed by atoms with Gasteiger partial charge in [-0.15, -0.1) is 0 Å². The number of aromatic nitrogens is 1. The minimum Gasteiger partial charge on any atom is -0.354 e. The van der Waals surface area contributed by atoms with Gasteiger partial charge >= 0.3 is 0 Å². The van der Waals surface area contributed by atoms with Crippen LogP contribution in [-0.4, -0.2) is 25.4 Å². The highest BCUT2D eigenvalue weighted by Crippen LogP contribution is 2.29. The van der Waals surface area contributed by atoms with Crippen molar-refractivity contribution in [3.05, 3.63) is 101 Å². The minimum atomic E-state index is -3.60. The number of fused-ring (bicyclic) bond motifs is 1. The third-order valence-electron chi connectivity index (χ3n) is 5.83. The molecule has 6 heteroatoms. The molecule has 0 spiro atoms. The molecule has 33 heavy (non-hydrogen) atoms. The lowest BCUT2D eigenvalue weighted by atomic mass is 10.1. The molecule has 170 valence electrons. The van der Waals surface area contributed by atoms with Crippen LogP contribution >= 0.6 is 0 Å². The Hall–Kier alpha value is -3.38. The predicted molar refractivity (Wildman–Crippen MR) is 132 cm³/mol. The highest BCUT2D eigenvalue weighted by Gasteiger charge is 2.23. The number of hydrogen-bond donors (Lipinski definition) is 1. The highest BCUT2D eigenvalue weighted by atomic mass is 32.2. The molecule has 1 N–H and O–H groups in total. The van der Waals surface area contributed by atoms with Gasteiger partial charge in [0.05, 0.1) is 10.6 Å². The monoisotopic (exact) mass is 460 g/mol. The molecule has 4 aromatic rings. The Kier molecular flexibility index (Phi) is 6.65. The summed E-state index contributed by atoms with van der Waals surface area (Å²) in [6, 6.07) is 23.1. The number of amides is 1. The van der Waals surface area contributed by atoms with Crippen molar-refractivity contribution in [3.63, 3.8) is 0 Å². The van der Waals surface area contributed by atoms with Gasteiger partial charge in [0.1, 0.15) is 6.54 Å². The van der Waals surface area contributed by atoms with Crippen molar-refractivity contribution < 1.29 is 13.2 Å². The lowest BCUT2D eigenvalue weighted by Crippen LogP contribution is -2.29. The Morgan fingerprint density at radius 1 is 0.939 bits per heavy atom. The summed E-state index contributed by atoms with van der Waals surface area (Å²) in [6.45, 7) is 4.47. The van der Waals surface area contributed by atoms with Crippen LogP contribution in [0.4, 0.5) is 0 Å². The molecular weight excluding hydrogens is 432 g/mol. The molecule has 1 aromatic heterocycles. The van der Waals surface area contributed by atoms with Crippen LogP contribution in [0, 0.1) is 13.8 Å². The number of hydrogen-bond acceptors (Lipinski definition) is 3. The van der Waals surface area contributed by atoms with Crippen LogP contribution in [0.25, 0.3) is 10.9 Å². The average Bonchev–Trinajstić information content (AvgIpc) is 3.16. The van der Waals surface area contributed by atoms with Gasteiger partial charge in [-0.05, 0) is 43.0 Å². The molecule has 4 rings (SSSR count). The Morgan fingerprint density at radius 2 is 1.67 bits per heavy atom. The zero-order valence-corrected chi connectivity index (χ0v) is 19.7. The molecule has 5 nitrogen and oxygen atoms in total. The number of nitrogens with zero attached hydrogens (tertiary/aromatic N) is 1. The largest absolute Gasteiger partial charge is 0.354 e. The summed E-state index contributed by atoms with van der Waals surface area (Å²) in [5.74, 6) is -0.220. The van der Waals surface area contributed by atoms with Crippen LogP contribution < -0.4 is 5.32 Å².